The summed E-state index contributed by atoms with van der Waals surface area (Å²) in [7, 11) is 0. The SMILES string of the molecule is CCNC1Cc2cccc3[nH]cc(c23)C1.Cl. The second-order valence-electron chi connectivity index (χ2n) is 4.32. The fourth-order valence-electron chi connectivity index (χ4n) is 2.70. The summed E-state index contributed by atoms with van der Waals surface area (Å²) in [6.45, 7) is 3.23. The fourth-order valence-corrected chi connectivity index (χ4v) is 2.70. The Kier molecular flexibility index (Phi) is 3.22. The highest BCUT2D eigenvalue weighted by molar-refractivity contribution is 5.87. The molecular formula is C13H17ClN2. The zero-order valence-corrected chi connectivity index (χ0v) is 10.2. The smallest absolute Gasteiger partial charge is 0.0459 e. The Hall–Kier alpha value is -0.990. The minimum Gasteiger partial charge on any atom is -0.361 e. The molecular weight excluding hydrogens is 220 g/mol. The second-order valence-corrected chi connectivity index (χ2v) is 4.32. The number of benzene rings is 1. The van der Waals surface area contributed by atoms with Gasteiger partial charge in [0.2, 0.25) is 0 Å². The third kappa shape index (κ3) is 1.72. The van der Waals surface area contributed by atoms with Crippen molar-refractivity contribution in [2.24, 2.45) is 0 Å². The molecule has 0 bridgehead atoms. The molecule has 0 amide bonds. The standard InChI is InChI=1S/C13H16N2.ClH/c1-2-14-11-6-9-4-3-5-12-13(9)10(7-11)8-15-12;/h3-5,8,11,14-15H,2,6-7H2,1H3;1H. The molecule has 3 heteroatoms. The van der Waals surface area contributed by atoms with Gasteiger partial charge in [-0.3, -0.25) is 0 Å². The Morgan fingerprint density at radius 2 is 2.12 bits per heavy atom. The lowest BCUT2D eigenvalue weighted by atomic mass is 9.89. The Labute approximate surface area is 102 Å². The predicted octanol–water partition coefficient (Wildman–Crippen LogP) is 2.67. The summed E-state index contributed by atoms with van der Waals surface area (Å²) in [6.07, 6.45) is 4.48. The third-order valence-electron chi connectivity index (χ3n) is 3.30. The van der Waals surface area contributed by atoms with Crippen LogP contribution in [0.25, 0.3) is 10.9 Å². The van der Waals surface area contributed by atoms with E-state index >= 15 is 0 Å². The van der Waals surface area contributed by atoms with E-state index in [0.29, 0.717) is 6.04 Å². The predicted molar refractivity (Wildman–Crippen MR) is 70.4 cm³/mol. The van der Waals surface area contributed by atoms with Gasteiger partial charge in [0, 0.05) is 23.1 Å². The van der Waals surface area contributed by atoms with Gasteiger partial charge in [-0.05, 0) is 36.6 Å². The molecule has 16 heavy (non-hydrogen) atoms. The lowest BCUT2D eigenvalue weighted by molar-refractivity contribution is 0.517. The van der Waals surface area contributed by atoms with Crippen molar-refractivity contribution < 1.29 is 0 Å². The third-order valence-corrected chi connectivity index (χ3v) is 3.30. The Balaban J connectivity index is 0.000000963. The van der Waals surface area contributed by atoms with E-state index in [4.69, 9.17) is 0 Å². The van der Waals surface area contributed by atoms with Crippen LogP contribution in [0.2, 0.25) is 0 Å². The highest BCUT2D eigenvalue weighted by Gasteiger charge is 2.20. The first kappa shape index (κ1) is 11.5. The normalized spacial score (nSPS) is 18.4. The van der Waals surface area contributed by atoms with Crippen LogP contribution in [-0.2, 0) is 12.8 Å². The number of H-pyrrole nitrogens is 1. The molecule has 86 valence electrons. The van der Waals surface area contributed by atoms with Crippen LogP contribution in [0.3, 0.4) is 0 Å². The van der Waals surface area contributed by atoms with Crippen molar-refractivity contribution >= 4 is 23.3 Å². The van der Waals surface area contributed by atoms with E-state index in [-0.39, 0.29) is 12.4 Å². The van der Waals surface area contributed by atoms with Crippen molar-refractivity contribution in [1.82, 2.24) is 10.3 Å². The number of rotatable bonds is 2. The first-order valence-electron chi connectivity index (χ1n) is 5.69. The van der Waals surface area contributed by atoms with E-state index in [1.54, 1.807) is 0 Å². The lowest BCUT2D eigenvalue weighted by Gasteiger charge is -2.23. The molecule has 1 aromatic carbocycles. The van der Waals surface area contributed by atoms with Crippen LogP contribution in [0.5, 0.6) is 0 Å². The fraction of sp³-hybridized carbons (Fsp3) is 0.385. The van der Waals surface area contributed by atoms with Crippen molar-refractivity contribution in [3.8, 4) is 0 Å². The molecule has 2 aromatic rings. The maximum absolute atomic E-state index is 3.54. The van der Waals surface area contributed by atoms with Crippen molar-refractivity contribution in [2.45, 2.75) is 25.8 Å². The molecule has 1 aliphatic rings. The van der Waals surface area contributed by atoms with Gasteiger partial charge in [-0.1, -0.05) is 19.1 Å². The zero-order chi connectivity index (χ0) is 10.3. The number of aromatic nitrogens is 1. The van der Waals surface area contributed by atoms with Crippen molar-refractivity contribution in [3.63, 3.8) is 0 Å². The molecule has 0 spiro atoms. The van der Waals surface area contributed by atoms with Gasteiger partial charge in [-0.15, -0.1) is 12.4 Å². The number of likely N-dealkylation sites (N-methyl/N-ethyl adjacent to an activating group) is 1. The molecule has 1 heterocycles. The minimum atomic E-state index is 0. The molecule has 2 nitrogen and oxygen atoms in total. The zero-order valence-electron chi connectivity index (χ0n) is 9.42. The van der Waals surface area contributed by atoms with Crippen LogP contribution in [0.4, 0.5) is 0 Å². The number of hydrogen-bond acceptors (Lipinski definition) is 1. The highest BCUT2D eigenvalue weighted by atomic mass is 35.5. The summed E-state index contributed by atoms with van der Waals surface area (Å²) >= 11 is 0. The average molecular weight is 237 g/mol. The number of aromatic amines is 1. The first-order valence-corrected chi connectivity index (χ1v) is 5.69. The Bertz CT molecular complexity index is 490. The van der Waals surface area contributed by atoms with Crippen LogP contribution in [-0.4, -0.2) is 17.6 Å². The summed E-state index contributed by atoms with van der Waals surface area (Å²) in [5.74, 6) is 0. The monoisotopic (exact) mass is 236 g/mol. The van der Waals surface area contributed by atoms with Crippen LogP contribution in [0.15, 0.2) is 24.4 Å². The van der Waals surface area contributed by atoms with E-state index in [1.165, 1.54) is 22.0 Å². The molecule has 2 N–H and O–H groups in total. The van der Waals surface area contributed by atoms with Gasteiger partial charge >= 0.3 is 0 Å². The Morgan fingerprint density at radius 1 is 1.31 bits per heavy atom. The van der Waals surface area contributed by atoms with Crippen molar-refractivity contribution in [1.29, 1.82) is 0 Å². The molecule has 1 atom stereocenters. The summed E-state index contributed by atoms with van der Waals surface area (Å²) in [5.41, 5.74) is 4.25. The van der Waals surface area contributed by atoms with Crippen molar-refractivity contribution in [2.75, 3.05) is 6.54 Å². The van der Waals surface area contributed by atoms with E-state index in [9.17, 15) is 0 Å². The molecule has 3 rings (SSSR count). The summed E-state index contributed by atoms with van der Waals surface area (Å²) in [6, 6.07) is 7.18. The summed E-state index contributed by atoms with van der Waals surface area (Å²) in [4.78, 5) is 3.35. The topological polar surface area (TPSA) is 27.8 Å². The van der Waals surface area contributed by atoms with Gasteiger partial charge in [-0.2, -0.15) is 0 Å². The van der Waals surface area contributed by atoms with Gasteiger partial charge in [0.05, 0.1) is 0 Å². The van der Waals surface area contributed by atoms with Crippen LogP contribution < -0.4 is 5.32 Å². The summed E-state index contributed by atoms with van der Waals surface area (Å²) in [5, 5.41) is 5.01. The van der Waals surface area contributed by atoms with E-state index < -0.39 is 0 Å². The quantitative estimate of drug-likeness (QED) is 0.825. The van der Waals surface area contributed by atoms with Crippen LogP contribution in [0, 0.1) is 0 Å². The largest absolute Gasteiger partial charge is 0.361 e. The second kappa shape index (κ2) is 4.48. The summed E-state index contributed by atoms with van der Waals surface area (Å²) < 4.78 is 0. The average Bonchev–Trinajstić information content (AvgIpc) is 2.64. The molecule has 1 aromatic heterocycles. The van der Waals surface area contributed by atoms with Gasteiger partial charge in [0.25, 0.3) is 0 Å². The van der Waals surface area contributed by atoms with Crippen molar-refractivity contribution in [3.05, 3.63) is 35.5 Å². The molecule has 0 saturated carbocycles. The van der Waals surface area contributed by atoms with E-state index in [0.717, 1.165) is 19.4 Å². The van der Waals surface area contributed by atoms with Gasteiger partial charge in [-0.25, -0.2) is 0 Å². The molecule has 0 aliphatic heterocycles. The van der Waals surface area contributed by atoms with Gasteiger partial charge in [0.15, 0.2) is 0 Å². The van der Waals surface area contributed by atoms with Crippen LogP contribution in [0.1, 0.15) is 18.1 Å². The highest BCUT2D eigenvalue weighted by Crippen LogP contribution is 2.29. The van der Waals surface area contributed by atoms with E-state index in [2.05, 4.69) is 41.6 Å². The maximum atomic E-state index is 3.54. The lowest BCUT2D eigenvalue weighted by Crippen LogP contribution is -2.34. The minimum absolute atomic E-state index is 0. The van der Waals surface area contributed by atoms with Crippen LogP contribution >= 0.6 is 12.4 Å². The maximum Gasteiger partial charge on any atom is 0.0459 e. The van der Waals surface area contributed by atoms with Gasteiger partial charge in [0.1, 0.15) is 0 Å². The van der Waals surface area contributed by atoms with E-state index in [1.807, 2.05) is 0 Å². The molecule has 1 unspecified atom stereocenters. The van der Waals surface area contributed by atoms with Gasteiger partial charge < -0.3 is 10.3 Å². The Morgan fingerprint density at radius 3 is 2.94 bits per heavy atom. The molecule has 0 fully saturated rings. The molecule has 0 saturated heterocycles. The molecule has 0 radical (unpaired) electrons. The number of nitrogens with one attached hydrogen (secondary N) is 2. The number of halogens is 1. The number of hydrogen-bond donors (Lipinski definition) is 2. The first-order chi connectivity index (χ1) is 7.38. The molecule has 1 aliphatic carbocycles.